The minimum atomic E-state index is -0.445. The first kappa shape index (κ1) is 24.3. The highest BCUT2D eigenvalue weighted by Gasteiger charge is 2.19. The molecule has 1 aromatic heterocycles. The van der Waals surface area contributed by atoms with Gasteiger partial charge in [0.25, 0.3) is 5.56 Å². The Labute approximate surface area is 201 Å². The van der Waals surface area contributed by atoms with Gasteiger partial charge in [0.05, 0.1) is 28.3 Å². The van der Waals surface area contributed by atoms with E-state index in [9.17, 15) is 9.90 Å². The lowest BCUT2D eigenvalue weighted by atomic mass is 10.1. The van der Waals surface area contributed by atoms with E-state index in [0.29, 0.717) is 39.5 Å². The van der Waals surface area contributed by atoms with Gasteiger partial charge in [-0.25, -0.2) is 4.68 Å². The smallest absolute Gasteiger partial charge is 0.287 e. The number of hydrogen-bond donors (Lipinski definition) is 1. The van der Waals surface area contributed by atoms with Crippen LogP contribution in [0.5, 0.6) is 23.0 Å². The normalized spacial score (nSPS) is 11.4. The number of aromatic hydroxyl groups is 1. The first-order valence-corrected chi connectivity index (χ1v) is 11.6. The fraction of sp³-hybridized carbons (Fsp3) is 0.304. The third-order valence-corrected chi connectivity index (χ3v) is 6.13. The number of benzene rings is 2. The largest absolute Gasteiger partial charge is 0.508 e. The predicted octanol–water partition coefficient (Wildman–Crippen LogP) is 6.28. The summed E-state index contributed by atoms with van der Waals surface area (Å²) in [5.74, 6) is 2.44. The van der Waals surface area contributed by atoms with Crippen LogP contribution in [0.2, 0.25) is 10.0 Å². The molecule has 0 saturated heterocycles. The Bertz CT molecular complexity index is 1140. The maximum Gasteiger partial charge on any atom is 0.287 e. The molecule has 170 valence electrons. The zero-order valence-corrected chi connectivity index (χ0v) is 20.5. The van der Waals surface area contributed by atoms with E-state index in [1.54, 1.807) is 36.5 Å². The van der Waals surface area contributed by atoms with Crippen LogP contribution in [0.15, 0.2) is 52.3 Å². The van der Waals surface area contributed by atoms with E-state index < -0.39 is 5.54 Å². The first-order valence-electron chi connectivity index (χ1n) is 9.87. The highest BCUT2D eigenvalue weighted by molar-refractivity contribution is 7.99. The molecule has 1 heterocycles. The molecule has 0 bridgehead atoms. The van der Waals surface area contributed by atoms with Crippen LogP contribution in [0.25, 0.3) is 0 Å². The van der Waals surface area contributed by atoms with Crippen LogP contribution in [0, 0.1) is 6.92 Å². The number of phenols is 1. The molecule has 0 spiro atoms. The van der Waals surface area contributed by atoms with Crippen LogP contribution in [-0.4, -0.2) is 27.2 Å². The summed E-state index contributed by atoms with van der Waals surface area (Å²) >= 11 is 14.1. The van der Waals surface area contributed by atoms with Gasteiger partial charge in [-0.1, -0.05) is 23.2 Å². The van der Waals surface area contributed by atoms with Gasteiger partial charge in [0, 0.05) is 11.8 Å². The number of nitrogens with zero attached hydrogens (tertiary/aromatic N) is 2. The van der Waals surface area contributed by atoms with Gasteiger partial charge in [-0.15, -0.1) is 11.8 Å². The lowest BCUT2D eigenvalue weighted by molar-refractivity contribution is 0.335. The zero-order chi connectivity index (χ0) is 23.5. The van der Waals surface area contributed by atoms with Gasteiger partial charge in [0.1, 0.15) is 28.0 Å². The fourth-order valence-electron chi connectivity index (χ4n) is 2.88. The molecule has 6 nitrogen and oxygen atoms in total. The third kappa shape index (κ3) is 5.91. The maximum atomic E-state index is 12.4. The molecule has 0 atom stereocenters. The summed E-state index contributed by atoms with van der Waals surface area (Å²) in [5, 5.41) is 14.2. The summed E-state index contributed by atoms with van der Waals surface area (Å²) in [6.45, 7) is 7.93. The third-order valence-electron chi connectivity index (χ3n) is 4.38. The van der Waals surface area contributed by atoms with Crippen LogP contribution in [0.4, 0.5) is 0 Å². The summed E-state index contributed by atoms with van der Waals surface area (Å²) in [4.78, 5) is 13.1. The van der Waals surface area contributed by atoms with Crippen molar-refractivity contribution in [1.29, 1.82) is 0 Å². The predicted molar refractivity (Wildman–Crippen MR) is 129 cm³/mol. The van der Waals surface area contributed by atoms with Crippen molar-refractivity contribution in [3.8, 4) is 23.0 Å². The number of aromatic nitrogens is 2. The molecule has 9 heteroatoms. The number of thioether (sulfide) groups is 1. The van der Waals surface area contributed by atoms with Crippen molar-refractivity contribution in [3.05, 3.63) is 68.6 Å². The minimum absolute atomic E-state index is 0.157. The number of rotatable bonds is 7. The van der Waals surface area contributed by atoms with Gasteiger partial charge < -0.3 is 14.6 Å². The van der Waals surface area contributed by atoms with E-state index in [2.05, 4.69) is 5.10 Å². The van der Waals surface area contributed by atoms with Gasteiger partial charge in [-0.3, -0.25) is 4.79 Å². The standard InChI is InChI=1S/C23H24Cl2N2O4S/c1-14-11-17(31-16-7-5-15(28)6-8-16)12-18(24)21(14)30-9-10-32-19-13-26-27(23(2,3)4)22(29)20(19)25/h5-8,11-13,28H,9-10H2,1-4H3. The summed E-state index contributed by atoms with van der Waals surface area (Å²) in [5.41, 5.74) is 0.0661. The topological polar surface area (TPSA) is 73.6 Å². The van der Waals surface area contributed by atoms with Gasteiger partial charge >= 0.3 is 0 Å². The highest BCUT2D eigenvalue weighted by Crippen LogP contribution is 2.35. The monoisotopic (exact) mass is 494 g/mol. The summed E-state index contributed by atoms with van der Waals surface area (Å²) in [6.07, 6.45) is 1.60. The second-order valence-corrected chi connectivity index (χ2v) is 9.98. The molecule has 3 aromatic rings. The van der Waals surface area contributed by atoms with Crippen molar-refractivity contribution in [2.45, 2.75) is 38.1 Å². The van der Waals surface area contributed by atoms with Crippen molar-refractivity contribution in [1.82, 2.24) is 9.78 Å². The lowest BCUT2D eigenvalue weighted by Gasteiger charge is -2.21. The van der Waals surface area contributed by atoms with Crippen molar-refractivity contribution in [2.24, 2.45) is 0 Å². The lowest BCUT2D eigenvalue weighted by Crippen LogP contribution is -2.36. The van der Waals surface area contributed by atoms with E-state index in [4.69, 9.17) is 32.7 Å². The summed E-state index contributed by atoms with van der Waals surface area (Å²) in [6, 6.07) is 9.93. The van der Waals surface area contributed by atoms with Crippen LogP contribution in [0.3, 0.4) is 0 Å². The zero-order valence-electron chi connectivity index (χ0n) is 18.2. The number of aryl methyl sites for hydroxylation is 1. The Hall–Kier alpha value is -2.35. The Morgan fingerprint density at radius 2 is 1.81 bits per heavy atom. The van der Waals surface area contributed by atoms with Crippen molar-refractivity contribution in [2.75, 3.05) is 12.4 Å². The SMILES string of the molecule is Cc1cc(Oc2ccc(O)cc2)cc(Cl)c1OCCSc1cnn(C(C)(C)C)c(=O)c1Cl. The molecule has 0 radical (unpaired) electrons. The average molecular weight is 495 g/mol. The molecule has 0 saturated carbocycles. The van der Waals surface area contributed by atoms with Crippen LogP contribution in [0.1, 0.15) is 26.3 Å². The van der Waals surface area contributed by atoms with Gasteiger partial charge in [0.15, 0.2) is 0 Å². The molecular weight excluding hydrogens is 471 g/mol. The second kappa shape index (κ2) is 10.1. The van der Waals surface area contributed by atoms with Crippen molar-refractivity contribution >= 4 is 35.0 Å². The Morgan fingerprint density at radius 1 is 1.12 bits per heavy atom. The minimum Gasteiger partial charge on any atom is -0.508 e. The van der Waals surface area contributed by atoms with Crippen LogP contribution in [-0.2, 0) is 5.54 Å². The molecule has 32 heavy (non-hydrogen) atoms. The Kier molecular flexibility index (Phi) is 7.64. The fourth-order valence-corrected chi connectivity index (χ4v) is 4.21. The van der Waals surface area contributed by atoms with E-state index in [1.807, 2.05) is 33.8 Å². The van der Waals surface area contributed by atoms with E-state index in [0.717, 1.165) is 5.56 Å². The molecule has 1 N–H and O–H groups in total. The van der Waals surface area contributed by atoms with Crippen molar-refractivity contribution in [3.63, 3.8) is 0 Å². The van der Waals surface area contributed by atoms with Crippen LogP contribution < -0.4 is 15.0 Å². The van der Waals surface area contributed by atoms with Gasteiger partial charge in [0.2, 0.25) is 0 Å². The molecule has 0 aliphatic rings. The number of hydrogen-bond acceptors (Lipinski definition) is 6. The quantitative estimate of drug-likeness (QED) is 0.307. The molecule has 0 amide bonds. The number of ether oxygens (including phenoxy) is 2. The van der Waals surface area contributed by atoms with E-state index in [-0.39, 0.29) is 16.3 Å². The number of phenolic OH excluding ortho intramolecular Hbond substituents is 1. The molecule has 0 aliphatic carbocycles. The maximum absolute atomic E-state index is 12.4. The molecule has 0 aliphatic heterocycles. The average Bonchev–Trinajstić information content (AvgIpc) is 2.70. The van der Waals surface area contributed by atoms with Gasteiger partial charge in [-0.05, 0) is 63.6 Å². The molecule has 0 fully saturated rings. The van der Waals surface area contributed by atoms with Crippen LogP contribution >= 0.6 is 35.0 Å². The molecular formula is C23H24Cl2N2O4S. The van der Waals surface area contributed by atoms with Crippen molar-refractivity contribution < 1.29 is 14.6 Å². The molecule has 3 rings (SSSR count). The Morgan fingerprint density at radius 3 is 2.44 bits per heavy atom. The van der Waals surface area contributed by atoms with E-state index in [1.165, 1.54) is 16.4 Å². The number of halogens is 2. The Balaban J connectivity index is 1.61. The highest BCUT2D eigenvalue weighted by atomic mass is 35.5. The molecule has 0 unspecified atom stereocenters. The summed E-state index contributed by atoms with van der Waals surface area (Å²) in [7, 11) is 0. The molecule has 2 aromatic carbocycles. The first-order chi connectivity index (χ1) is 15.1. The van der Waals surface area contributed by atoms with Gasteiger partial charge in [-0.2, -0.15) is 5.10 Å². The summed E-state index contributed by atoms with van der Waals surface area (Å²) < 4.78 is 13.0. The second-order valence-electron chi connectivity index (χ2n) is 8.05. The van der Waals surface area contributed by atoms with E-state index >= 15 is 0 Å².